The summed E-state index contributed by atoms with van der Waals surface area (Å²) in [6.45, 7) is 0. The van der Waals surface area contributed by atoms with Gasteiger partial charge in [0, 0.05) is 17.3 Å². The second kappa shape index (κ2) is 14.6. The molecule has 8 aromatic rings. The maximum Gasteiger partial charge on any atom is 1.00 e. The number of aromatic amines is 1. The topological polar surface area (TPSA) is 64.3 Å². The first-order valence-electron chi connectivity index (χ1n) is 15.4. The van der Waals surface area contributed by atoms with E-state index in [0.717, 1.165) is 39.1 Å². The third kappa shape index (κ3) is 6.51. The molecule has 47 heavy (non-hydrogen) atoms. The molecular weight excluding hydrogens is 627 g/mol. The molecule has 0 saturated carbocycles. The summed E-state index contributed by atoms with van der Waals surface area (Å²) in [4.78, 5) is 0. The van der Waals surface area contributed by atoms with Crippen LogP contribution in [0.5, 0.6) is 0 Å². The van der Waals surface area contributed by atoms with Gasteiger partial charge >= 0.3 is 17.1 Å². The van der Waals surface area contributed by atoms with Crippen LogP contribution in [0, 0.1) is 0 Å². The van der Waals surface area contributed by atoms with E-state index < -0.39 is 6.42 Å². The fourth-order valence-corrected chi connectivity index (χ4v) is 6.02. The van der Waals surface area contributed by atoms with Gasteiger partial charge < -0.3 is 9.19 Å². The third-order valence-corrected chi connectivity index (χ3v) is 8.24. The second-order valence-electron chi connectivity index (χ2n) is 11.0. The number of rotatable bonds is 7. The van der Waals surface area contributed by atoms with E-state index in [9.17, 15) is 0 Å². The van der Waals surface area contributed by atoms with Crippen molar-refractivity contribution in [1.29, 1.82) is 0 Å². The fraction of sp³-hybridized carbons (Fsp3) is 0. The van der Waals surface area contributed by atoms with Crippen molar-refractivity contribution in [3.8, 4) is 33.8 Å². The van der Waals surface area contributed by atoms with E-state index in [1.807, 2.05) is 84.9 Å². The molecule has 0 aliphatic rings. The smallest absolute Gasteiger partial charge is 0.412 e. The zero-order valence-electron chi connectivity index (χ0n) is 25.5. The van der Waals surface area contributed by atoms with E-state index in [1.54, 1.807) is 6.20 Å². The summed E-state index contributed by atoms with van der Waals surface area (Å²) < 4.78 is 4.18. The van der Waals surface area contributed by atoms with Crippen molar-refractivity contribution in [2.75, 3.05) is 0 Å². The van der Waals surface area contributed by atoms with E-state index in [4.69, 9.17) is 10.2 Å². The zero-order valence-corrected chi connectivity index (χ0v) is 26.5. The SMILES string of the molecule is [Cu+].c1ccc(-c2ccn([B-](c3ccccc3)(c3ccccc3)n3ccc(-c4ccccc4)n3)n2)cc1.c1ccc(-c2ccn[nH]2)cc1. The van der Waals surface area contributed by atoms with Gasteiger partial charge in [-0.1, -0.05) is 152 Å². The molecule has 8 heteroatoms. The average molecular weight is 659 g/mol. The summed E-state index contributed by atoms with van der Waals surface area (Å²) in [7, 11) is 0. The van der Waals surface area contributed by atoms with E-state index >= 15 is 0 Å². The first kappa shape index (κ1) is 31.3. The number of nitrogens with zero attached hydrogens (tertiary/aromatic N) is 5. The van der Waals surface area contributed by atoms with Crippen molar-refractivity contribution in [3.05, 3.63) is 188 Å². The van der Waals surface area contributed by atoms with Crippen LogP contribution in [-0.2, 0) is 17.1 Å². The average Bonchev–Trinajstić information content (AvgIpc) is 3.95. The number of hydrogen-bond acceptors (Lipinski definition) is 3. The first-order valence-corrected chi connectivity index (χ1v) is 15.4. The zero-order chi connectivity index (χ0) is 31.0. The van der Waals surface area contributed by atoms with E-state index in [2.05, 4.69) is 117 Å². The fourth-order valence-electron chi connectivity index (χ4n) is 6.02. The van der Waals surface area contributed by atoms with E-state index in [1.165, 1.54) is 5.56 Å². The van der Waals surface area contributed by atoms with Crippen molar-refractivity contribution in [2.24, 2.45) is 0 Å². The molecule has 5 aromatic carbocycles. The quantitative estimate of drug-likeness (QED) is 0.185. The molecule has 0 amide bonds. The Hall–Kier alpha value is -5.69. The summed E-state index contributed by atoms with van der Waals surface area (Å²) in [6.07, 6.45) is 4.14. The first-order chi connectivity index (χ1) is 22.8. The Labute approximate surface area is 285 Å². The predicted molar refractivity (Wildman–Crippen MR) is 188 cm³/mol. The summed E-state index contributed by atoms with van der Waals surface area (Å²) in [5, 5.41) is 17.1. The predicted octanol–water partition coefficient (Wildman–Crippen LogP) is 7.14. The Kier molecular flexibility index (Phi) is 9.73. The normalized spacial score (nSPS) is 10.8. The Morgan fingerprint density at radius 3 is 1.19 bits per heavy atom. The van der Waals surface area contributed by atoms with E-state index in [0.29, 0.717) is 0 Å². The molecule has 0 unspecified atom stereocenters. The largest absolute Gasteiger partial charge is 1.00 e. The van der Waals surface area contributed by atoms with Crippen molar-refractivity contribution in [2.45, 2.75) is 0 Å². The maximum atomic E-state index is 5.15. The van der Waals surface area contributed by atoms with Gasteiger partial charge in [-0.3, -0.25) is 5.10 Å². The van der Waals surface area contributed by atoms with Crippen LogP contribution in [0.2, 0.25) is 0 Å². The minimum atomic E-state index is -1.76. The molecule has 232 valence electrons. The standard InChI is InChI=1S/C30H24BN4.C9H8N2.Cu/c1-5-13-25(14-6-1)29-21-23-34(32-29)31(27-17-9-3-10-18-27,28-19-11-4-12-20-28)35-24-22-30(33-35)26-15-7-2-8-16-26;1-2-4-8(5-3-1)9-6-7-10-11-9;/h1-24H;1-7H,(H,10,11);/q-1;;+1. The molecule has 0 atom stereocenters. The number of H-pyrrole nitrogens is 1. The molecule has 0 aliphatic carbocycles. The number of benzene rings is 5. The number of hydrogen-bond donors (Lipinski definition) is 1. The summed E-state index contributed by atoms with van der Waals surface area (Å²) >= 11 is 0. The van der Waals surface area contributed by atoms with Gasteiger partial charge in [-0.25, -0.2) is 10.2 Å². The summed E-state index contributed by atoms with van der Waals surface area (Å²) in [5.74, 6) is 0. The molecule has 0 saturated heterocycles. The van der Waals surface area contributed by atoms with Gasteiger partial charge in [0.25, 0.3) is 6.42 Å². The molecule has 0 radical (unpaired) electrons. The van der Waals surface area contributed by atoms with Crippen LogP contribution in [0.3, 0.4) is 0 Å². The molecule has 3 aromatic heterocycles. The maximum absolute atomic E-state index is 5.15. The molecule has 6 nitrogen and oxygen atoms in total. The monoisotopic (exact) mass is 658 g/mol. The minimum Gasteiger partial charge on any atom is -0.412 e. The Morgan fingerprint density at radius 1 is 0.426 bits per heavy atom. The Balaban J connectivity index is 0.000000272. The van der Waals surface area contributed by atoms with Crippen molar-refractivity contribution in [1.82, 2.24) is 29.6 Å². The molecule has 0 aliphatic heterocycles. The van der Waals surface area contributed by atoms with Crippen LogP contribution in [0.4, 0.5) is 0 Å². The van der Waals surface area contributed by atoms with Gasteiger partial charge in [0.05, 0.1) is 17.1 Å². The molecule has 0 bridgehead atoms. The van der Waals surface area contributed by atoms with Crippen LogP contribution in [0.15, 0.2) is 188 Å². The number of aromatic nitrogens is 6. The van der Waals surface area contributed by atoms with Crippen molar-refractivity contribution < 1.29 is 17.1 Å². The van der Waals surface area contributed by atoms with Gasteiger partial charge in [0.1, 0.15) is 0 Å². The van der Waals surface area contributed by atoms with Gasteiger partial charge in [0.15, 0.2) is 0 Å². The minimum absolute atomic E-state index is 0. The van der Waals surface area contributed by atoms with Crippen LogP contribution >= 0.6 is 0 Å². The number of nitrogens with one attached hydrogen (secondary N) is 1. The summed E-state index contributed by atoms with van der Waals surface area (Å²) in [6, 6.07) is 57.9. The van der Waals surface area contributed by atoms with E-state index in [-0.39, 0.29) is 17.1 Å². The van der Waals surface area contributed by atoms with Crippen molar-refractivity contribution in [3.63, 3.8) is 0 Å². The van der Waals surface area contributed by atoms with Gasteiger partial charge in [-0.05, 0) is 36.2 Å². The molecular formula is C39H32BCuN6. The molecule has 0 spiro atoms. The van der Waals surface area contributed by atoms with Gasteiger partial charge in [0.2, 0.25) is 0 Å². The summed E-state index contributed by atoms with van der Waals surface area (Å²) in [5.41, 5.74) is 8.52. The molecule has 8 rings (SSSR count). The van der Waals surface area contributed by atoms with Crippen molar-refractivity contribution >= 4 is 17.3 Å². The Bertz CT molecular complexity index is 1960. The molecule has 1 N–H and O–H groups in total. The molecule has 0 fully saturated rings. The van der Waals surface area contributed by atoms with Crippen LogP contribution in [0.1, 0.15) is 0 Å². The van der Waals surface area contributed by atoms with Crippen LogP contribution < -0.4 is 10.9 Å². The third-order valence-electron chi connectivity index (χ3n) is 8.24. The molecule has 3 heterocycles. The van der Waals surface area contributed by atoms with Gasteiger partial charge in [-0.15, -0.1) is 0 Å². The van der Waals surface area contributed by atoms with Gasteiger partial charge in [-0.2, -0.15) is 16.0 Å². The Morgan fingerprint density at radius 2 is 0.809 bits per heavy atom. The van der Waals surface area contributed by atoms with Crippen LogP contribution in [0.25, 0.3) is 33.8 Å². The second-order valence-corrected chi connectivity index (χ2v) is 11.0. The van der Waals surface area contributed by atoms with Crippen LogP contribution in [-0.4, -0.2) is 36.0 Å².